The van der Waals surface area contributed by atoms with Crippen LogP contribution < -0.4 is 0 Å². The van der Waals surface area contributed by atoms with E-state index in [4.69, 9.17) is 9.52 Å². The molecule has 0 fully saturated rings. The van der Waals surface area contributed by atoms with E-state index in [0.717, 1.165) is 24.7 Å². The lowest BCUT2D eigenvalue weighted by molar-refractivity contribution is 0.0686. The fourth-order valence-corrected chi connectivity index (χ4v) is 2.45. The molecule has 0 radical (unpaired) electrons. The van der Waals surface area contributed by atoms with Crippen LogP contribution in [0.3, 0.4) is 0 Å². The molecule has 23 heavy (non-hydrogen) atoms. The number of rotatable bonds is 6. The molecule has 2 rings (SSSR count). The van der Waals surface area contributed by atoms with Gasteiger partial charge in [-0.25, -0.2) is 4.79 Å². The largest absolute Gasteiger partial charge is 0.478 e. The minimum Gasteiger partial charge on any atom is -0.478 e. The van der Waals surface area contributed by atoms with E-state index in [-0.39, 0.29) is 23.3 Å². The second-order valence-electron chi connectivity index (χ2n) is 5.67. The Kier molecular flexibility index (Phi) is 5.21. The third-order valence-electron chi connectivity index (χ3n) is 3.99. The van der Waals surface area contributed by atoms with Gasteiger partial charge in [0.05, 0.1) is 5.56 Å². The first-order valence-electron chi connectivity index (χ1n) is 7.57. The molecule has 0 spiro atoms. The molecule has 122 valence electrons. The zero-order valence-electron chi connectivity index (χ0n) is 13.6. The van der Waals surface area contributed by atoms with Gasteiger partial charge in [0.25, 0.3) is 5.91 Å². The summed E-state index contributed by atoms with van der Waals surface area (Å²) in [5.74, 6) is -1.37. The van der Waals surface area contributed by atoms with Crippen LogP contribution in [0.1, 0.15) is 45.4 Å². The highest BCUT2D eigenvalue weighted by molar-refractivity contribution is 5.95. The Morgan fingerprint density at radius 2 is 1.91 bits per heavy atom. The van der Waals surface area contributed by atoms with E-state index in [1.54, 1.807) is 11.9 Å². The van der Waals surface area contributed by atoms with E-state index >= 15 is 0 Å². The van der Waals surface area contributed by atoms with Gasteiger partial charge < -0.3 is 14.4 Å². The molecular weight excluding hydrogens is 294 g/mol. The van der Waals surface area contributed by atoms with E-state index in [1.165, 1.54) is 11.6 Å². The Balaban J connectivity index is 2.11. The van der Waals surface area contributed by atoms with Crippen LogP contribution >= 0.6 is 0 Å². The van der Waals surface area contributed by atoms with Crippen molar-refractivity contribution in [3.63, 3.8) is 0 Å². The van der Waals surface area contributed by atoms with Crippen molar-refractivity contribution in [3.8, 4) is 0 Å². The van der Waals surface area contributed by atoms with Crippen LogP contribution in [0, 0.1) is 6.92 Å². The van der Waals surface area contributed by atoms with Gasteiger partial charge in [-0.15, -0.1) is 0 Å². The Bertz CT molecular complexity index is 687. The molecule has 1 heterocycles. The molecule has 2 aromatic rings. The van der Waals surface area contributed by atoms with Crippen LogP contribution in [0.4, 0.5) is 0 Å². The summed E-state index contributed by atoms with van der Waals surface area (Å²) < 4.78 is 5.10. The van der Waals surface area contributed by atoms with Crippen molar-refractivity contribution in [2.45, 2.75) is 32.7 Å². The van der Waals surface area contributed by atoms with Gasteiger partial charge in [-0.1, -0.05) is 36.8 Å². The Hall–Kier alpha value is -2.56. The Labute approximate surface area is 135 Å². The lowest BCUT2D eigenvalue weighted by Crippen LogP contribution is -2.38. The number of aromatic carboxylic acids is 1. The molecule has 0 bridgehead atoms. The monoisotopic (exact) mass is 315 g/mol. The second-order valence-corrected chi connectivity index (χ2v) is 5.67. The number of carboxylic acids is 1. The molecule has 0 saturated heterocycles. The number of nitrogens with zero attached hydrogens (tertiary/aromatic N) is 1. The van der Waals surface area contributed by atoms with Gasteiger partial charge >= 0.3 is 5.97 Å². The summed E-state index contributed by atoms with van der Waals surface area (Å²) in [7, 11) is 1.72. The molecule has 1 unspecified atom stereocenters. The molecule has 1 amide bonds. The number of carboxylic acid groups (broad SMARTS) is 1. The van der Waals surface area contributed by atoms with Gasteiger partial charge in [-0.3, -0.25) is 4.79 Å². The van der Waals surface area contributed by atoms with E-state index in [2.05, 4.69) is 24.3 Å². The molecule has 0 aliphatic rings. The summed E-state index contributed by atoms with van der Waals surface area (Å²) in [6.07, 6.45) is 2.62. The lowest BCUT2D eigenvalue weighted by Gasteiger charge is -2.26. The number of benzene rings is 1. The van der Waals surface area contributed by atoms with E-state index in [0.29, 0.717) is 0 Å². The number of hydrogen-bond donors (Lipinski definition) is 1. The lowest BCUT2D eigenvalue weighted by atomic mass is 10.0. The van der Waals surface area contributed by atoms with Gasteiger partial charge in [0, 0.05) is 19.2 Å². The van der Waals surface area contributed by atoms with Crippen LogP contribution in [0.5, 0.6) is 0 Å². The molecule has 1 N–H and O–H groups in total. The van der Waals surface area contributed by atoms with Crippen LogP contribution in [0.15, 0.2) is 41.0 Å². The highest BCUT2D eigenvalue weighted by atomic mass is 16.4. The number of hydrogen-bond acceptors (Lipinski definition) is 3. The van der Waals surface area contributed by atoms with Crippen molar-refractivity contribution in [1.29, 1.82) is 0 Å². The molecule has 0 aliphatic carbocycles. The van der Waals surface area contributed by atoms with Gasteiger partial charge in [0.1, 0.15) is 6.26 Å². The summed E-state index contributed by atoms with van der Waals surface area (Å²) in [5.41, 5.74) is 2.34. The molecule has 0 saturated carbocycles. The maximum atomic E-state index is 12.5. The number of furan rings is 1. The zero-order valence-corrected chi connectivity index (χ0v) is 13.6. The minimum atomic E-state index is -1.11. The molecule has 1 aromatic heterocycles. The van der Waals surface area contributed by atoms with E-state index < -0.39 is 5.97 Å². The van der Waals surface area contributed by atoms with Crippen LogP contribution in [-0.4, -0.2) is 35.0 Å². The highest BCUT2D eigenvalue weighted by Gasteiger charge is 2.23. The maximum Gasteiger partial charge on any atom is 0.338 e. The standard InChI is InChI=1S/C18H21NO4/c1-4-15(9-13-7-5-12(2)6-8-13)19(3)17(20)16-10-14(11-23-16)18(21)22/h5-8,10-11,15H,4,9H2,1-3H3,(H,21,22). The number of amides is 1. The summed E-state index contributed by atoms with van der Waals surface area (Å²) in [5, 5.41) is 8.91. The van der Waals surface area contributed by atoms with Gasteiger partial charge in [-0.2, -0.15) is 0 Å². The number of likely N-dealkylation sites (N-methyl/N-ethyl adjacent to an activating group) is 1. The van der Waals surface area contributed by atoms with Crippen LogP contribution in [0.25, 0.3) is 0 Å². The smallest absolute Gasteiger partial charge is 0.338 e. The van der Waals surface area contributed by atoms with Gasteiger partial charge in [0.15, 0.2) is 5.76 Å². The second kappa shape index (κ2) is 7.13. The van der Waals surface area contributed by atoms with Crippen molar-refractivity contribution in [2.24, 2.45) is 0 Å². The van der Waals surface area contributed by atoms with E-state index in [1.807, 2.05) is 13.8 Å². The van der Waals surface area contributed by atoms with Gasteiger partial charge in [0.2, 0.25) is 0 Å². The first-order valence-corrected chi connectivity index (χ1v) is 7.57. The fourth-order valence-electron chi connectivity index (χ4n) is 2.45. The predicted molar refractivity (Wildman–Crippen MR) is 86.7 cm³/mol. The predicted octanol–water partition coefficient (Wildman–Crippen LogP) is 3.38. The molecule has 1 atom stereocenters. The van der Waals surface area contributed by atoms with Crippen LogP contribution in [0.2, 0.25) is 0 Å². The summed E-state index contributed by atoms with van der Waals surface area (Å²) in [6, 6.07) is 9.51. The number of carbonyl (C=O) groups is 2. The van der Waals surface area contributed by atoms with Crippen molar-refractivity contribution in [1.82, 2.24) is 4.90 Å². The minimum absolute atomic E-state index is 0.0172. The van der Waals surface area contributed by atoms with Crippen molar-refractivity contribution in [2.75, 3.05) is 7.05 Å². The molecule has 5 nitrogen and oxygen atoms in total. The Morgan fingerprint density at radius 1 is 1.26 bits per heavy atom. The molecule has 1 aromatic carbocycles. The molecular formula is C18H21NO4. The topological polar surface area (TPSA) is 70.8 Å². The first kappa shape index (κ1) is 16.8. The van der Waals surface area contributed by atoms with E-state index in [9.17, 15) is 9.59 Å². The quantitative estimate of drug-likeness (QED) is 0.887. The summed E-state index contributed by atoms with van der Waals surface area (Å²) in [4.78, 5) is 25.0. The van der Waals surface area contributed by atoms with Crippen LogP contribution in [-0.2, 0) is 6.42 Å². The maximum absolute atomic E-state index is 12.5. The first-order chi connectivity index (χ1) is 10.9. The SMILES string of the molecule is CCC(Cc1ccc(C)cc1)N(C)C(=O)c1cc(C(=O)O)co1. The van der Waals surface area contributed by atoms with Crippen molar-refractivity contribution in [3.05, 3.63) is 59.0 Å². The average molecular weight is 315 g/mol. The summed E-state index contributed by atoms with van der Waals surface area (Å²) >= 11 is 0. The highest BCUT2D eigenvalue weighted by Crippen LogP contribution is 2.16. The third-order valence-corrected chi connectivity index (χ3v) is 3.99. The van der Waals surface area contributed by atoms with Gasteiger partial charge in [-0.05, 0) is 25.3 Å². The number of carbonyl (C=O) groups excluding carboxylic acids is 1. The average Bonchev–Trinajstić information content (AvgIpc) is 3.03. The zero-order chi connectivity index (χ0) is 17.0. The fraction of sp³-hybridized carbons (Fsp3) is 0.333. The molecule has 0 aliphatic heterocycles. The molecule has 5 heteroatoms. The van der Waals surface area contributed by atoms with Crippen molar-refractivity contribution < 1.29 is 19.1 Å². The third kappa shape index (κ3) is 4.00. The Morgan fingerprint density at radius 3 is 2.43 bits per heavy atom. The summed E-state index contributed by atoms with van der Waals surface area (Å²) in [6.45, 7) is 4.06. The number of aryl methyl sites for hydroxylation is 1. The van der Waals surface area contributed by atoms with Crippen molar-refractivity contribution >= 4 is 11.9 Å². The normalized spacial score (nSPS) is 12.0.